The lowest BCUT2D eigenvalue weighted by molar-refractivity contribution is -0.0460. The van der Waals surface area contributed by atoms with E-state index in [9.17, 15) is 0 Å². The molecule has 2 aliphatic rings. The molecule has 29 heavy (non-hydrogen) atoms. The third kappa shape index (κ3) is 3.75. The van der Waals surface area contributed by atoms with E-state index in [2.05, 4.69) is 9.97 Å². The van der Waals surface area contributed by atoms with Crippen LogP contribution in [0.2, 0.25) is 0 Å². The van der Waals surface area contributed by atoms with E-state index in [0.29, 0.717) is 24.4 Å². The van der Waals surface area contributed by atoms with E-state index in [4.69, 9.17) is 23.5 Å². The molecule has 2 aliphatic heterocycles. The molecule has 0 saturated carbocycles. The Balaban J connectivity index is 1.73. The van der Waals surface area contributed by atoms with E-state index in [1.165, 1.54) is 6.07 Å². The van der Waals surface area contributed by atoms with Gasteiger partial charge in [-0.15, -0.1) is 0 Å². The lowest BCUT2D eigenvalue weighted by atomic mass is 9.75. The fourth-order valence-corrected chi connectivity index (χ4v) is 3.18. The Labute approximate surface area is 169 Å². The van der Waals surface area contributed by atoms with Gasteiger partial charge in [-0.3, -0.25) is 0 Å². The minimum Gasteiger partial charge on any atom is -0.421 e. The number of ether oxygens (including phenoxy) is 3. The van der Waals surface area contributed by atoms with Gasteiger partial charge >= 0.3 is 13.1 Å². The van der Waals surface area contributed by atoms with Gasteiger partial charge in [-0.05, 0) is 52.2 Å². The van der Waals surface area contributed by atoms with Gasteiger partial charge in [0, 0.05) is 17.5 Å². The van der Waals surface area contributed by atoms with Crippen molar-refractivity contribution in [2.45, 2.75) is 52.1 Å². The number of nitrogens with zero attached hydrogens (tertiary/aromatic N) is 2. The summed E-state index contributed by atoms with van der Waals surface area (Å²) in [4.78, 5) is 8.19. The molecule has 0 bridgehead atoms. The van der Waals surface area contributed by atoms with Gasteiger partial charge in [0.05, 0.1) is 24.4 Å². The van der Waals surface area contributed by atoms with E-state index >= 15 is 4.39 Å². The quantitative estimate of drug-likeness (QED) is 0.728. The summed E-state index contributed by atoms with van der Waals surface area (Å²) < 4.78 is 44.6. The summed E-state index contributed by atoms with van der Waals surface area (Å²) in [5.41, 5.74) is 0.296. The lowest BCUT2D eigenvalue weighted by Gasteiger charge is -2.32. The highest BCUT2D eigenvalue weighted by atomic mass is 19.1. The normalized spacial score (nSPS) is 21.0. The first-order chi connectivity index (χ1) is 13.7. The number of rotatable bonds is 4. The Hall–Kier alpha value is -2.07. The van der Waals surface area contributed by atoms with Crippen molar-refractivity contribution in [1.82, 2.24) is 9.97 Å². The molecular weight excluding hydrogens is 378 g/mol. The van der Waals surface area contributed by atoms with Crippen molar-refractivity contribution in [1.29, 1.82) is 0 Å². The topological polar surface area (TPSA) is 71.9 Å². The maximum atomic E-state index is 15.6. The van der Waals surface area contributed by atoms with Crippen molar-refractivity contribution in [3.63, 3.8) is 0 Å². The summed E-state index contributed by atoms with van der Waals surface area (Å²) in [5.74, 6) is -0.640. The molecule has 7 nitrogen and oxygen atoms in total. The molecule has 1 aromatic heterocycles. The summed E-state index contributed by atoms with van der Waals surface area (Å²) in [6, 6.07) is 5.01. The van der Waals surface area contributed by atoms with Crippen molar-refractivity contribution in [2.24, 2.45) is 0 Å². The van der Waals surface area contributed by atoms with Crippen molar-refractivity contribution >= 4 is 12.6 Å². The first-order valence-electron chi connectivity index (χ1n) is 9.56. The van der Waals surface area contributed by atoms with Crippen LogP contribution in [0.1, 0.15) is 45.2 Å². The number of halogens is 1. The van der Waals surface area contributed by atoms with Gasteiger partial charge < -0.3 is 23.5 Å². The summed E-state index contributed by atoms with van der Waals surface area (Å²) in [5, 5.41) is 0. The molecule has 9 heteroatoms. The van der Waals surface area contributed by atoms with Crippen LogP contribution in [0.3, 0.4) is 0 Å². The molecule has 2 fully saturated rings. The third-order valence-corrected chi connectivity index (χ3v) is 5.52. The zero-order chi connectivity index (χ0) is 20.8. The van der Waals surface area contributed by atoms with E-state index in [1.54, 1.807) is 25.3 Å². The van der Waals surface area contributed by atoms with Crippen molar-refractivity contribution < 1.29 is 27.9 Å². The summed E-state index contributed by atoms with van der Waals surface area (Å²) >= 11 is 0. The predicted octanol–water partition coefficient (Wildman–Crippen LogP) is 3.06. The number of benzene rings is 1. The van der Waals surface area contributed by atoms with Gasteiger partial charge in [-0.25, -0.2) is 14.4 Å². The number of hydrogen-bond donors (Lipinski definition) is 0. The first kappa shape index (κ1) is 20.2. The van der Waals surface area contributed by atoms with Crippen LogP contribution in [0.25, 0.3) is 0 Å². The molecule has 154 valence electrons. The van der Waals surface area contributed by atoms with E-state index in [1.807, 2.05) is 27.7 Å². The monoisotopic (exact) mass is 402 g/mol. The molecule has 0 aliphatic carbocycles. The van der Waals surface area contributed by atoms with Gasteiger partial charge in [0.25, 0.3) is 0 Å². The lowest BCUT2D eigenvalue weighted by Crippen LogP contribution is -2.41. The summed E-state index contributed by atoms with van der Waals surface area (Å²) in [6.07, 6.45) is 0.685. The minimum atomic E-state index is -0.869. The third-order valence-electron chi connectivity index (χ3n) is 5.52. The Morgan fingerprint density at radius 3 is 2.34 bits per heavy atom. The first-order valence-corrected chi connectivity index (χ1v) is 9.56. The Morgan fingerprint density at radius 2 is 1.72 bits per heavy atom. The largest absolute Gasteiger partial charge is 0.495 e. The molecule has 0 radical (unpaired) electrons. The van der Waals surface area contributed by atoms with Gasteiger partial charge in [0.2, 0.25) is 0 Å². The SMILES string of the molecule is Cc1ccnc(Oc2ccc(B3OC(C)(C)C(C)(C)O3)c(C3OCCO3)c2F)n1. The fraction of sp³-hybridized carbons (Fsp3) is 0.500. The predicted molar refractivity (Wildman–Crippen MR) is 104 cm³/mol. The molecule has 0 spiro atoms. The van der Waals surface area contributed by atoms with E-state index in [0.717, 1.165) is 0 Å². The molecule has 3 heterocycles. The van der Waals surface area contributed by atoms with Crippen LogP contribution in [0.15, 0.2) is 24.4 Å². The maximum absolute atomic E-state index is 15.6. The highest BCUT2D eigenvalue weighted by Gasteiger charge is 2.53. The van der Waals surface area contributed by atoms with Crippen molar-refractivity contribution in [2.75, 3.05) is 13.2 Å². The molecule has 1 aromatic carbocycles. The Morgan fingerprint density at radius 1 is 1.07 bits per heavy atom. The van der Waals surface area contributed by atoms with Crippen LogP contribution >= 0.6 is 0 Å². The molecule has 2 saturated heterocycles. The smallest absolute Gasteiger partial charge is 0.421 e. The molecule has 0 amide bonds. The van der Waals surface area contributed by atoms with Crippen LogP contribution in [-0.2, 0) is 18.8 Å². The average molecular weight is 402 g/mol. The number of aromatic nitrogens is 2. The molecule has 4 rings (SSSR count). The van der Waals surface area contributed by atoms with Gasteiger partial charge in [0.15, 0.2) is 17.9 Å². The number of hydrogen-bond acceptors (Lipinski definition) is 7. The minimum absolute atomic E-state index is 0.0232. The van der Waals surface area contributed by atoms with Crippen LogP contribution in [0, 0.1) is 12.7 Å². The van der Waals surface area contributed by atoms with Gasteiger partial charge in [-0.2, -0.15) is 0 Å². The summed E-state index contributed by atoms with van der Waals surface area (Å²) in [7, 11) is -0.762. The second kappa shape index (κ2) is 7.32. The number of aryl methyl sites for hydroxylation is 1. The van der Waals surface area contributed by atoms with Crippen LogP contribution in [0.4, 0.5) is 4.39 Å². The summed E-state index contributed by atoms with van der Waals surface area (Å²) in [6.45, 7) is 10.3. The molecule has 2 aromatic rings. The fourth-order valence-electron chi connectivity index (χ4n) is 3.18. The molecule has 0 atom stereocenters. The average Bonchev–Trinajstić information content (AvgIpc) is 3.23. The molecule has 0 unspecified atom stereocenters. The second-order valence-electron chi connectivity index (χ2n) is 8.13. The van der Waals surface area contributed by atoms with Crippen molar-refractivity contribution in [3.8, 4) is 11.8 Å². The standard InChI is InChI=1S/C20H24BFN2O5/c1-12-8-9-23-18(24-12)27-14-7-6-13(15(16(14)22)17-25-10-11-26-17)21-28-19(2,3)20(4,5)29-21/h6-9,17H,10-11H2,1-5H3. The van der Waals surface area contributed by atoms with Crippen molar-refractivity contribution in [3.05, 3.63) is 41.5 Å². The highest BCUT2D eigenvalue weighted by molar-refractivity contribution is 6.62. The van der Waals surface area contributed by atoms with Gasteiger partial charge in [-0.1, -0.05) is 6.07 Å². The highest BCUT2D eigenvalue weighted by Crippen LogP contribution is 2.38. The van der Waals surface area contributed by atoms with Crippen LogP contribution in [0.5, 0.6) is 11.8 Å². The second-order valence-corrected chi connectivity index (χ2v) is 8.13. The zero-order valence-electron chi connectivity index (χ0n) is 17.2. The maximum Gasteiger partial charge on any atom is 0.495 e. The Bertz CT molecular complexity index is 902. The Kier molecular flexibility index (Phi) is 5.10. The molecule has 0 N–H and O–H groups in total. The zero-order valence-corrected chi connectivity index (χ0v) is 17.2. The van der Waals surface area contributed by atoms with Crippen LogP contribution < -0.4 is 10.2 Å². The van der Waals surface area contributed by atoms with Crippen LogP contribution in [-0.4, -0.2) is 41.5 Å². The van der Waals surface area contributed by atoms with E-state index < -0.39 is 30.4 Å². The van der Waals surface area contributed by atoms with E-state index in [-0.39, 0.29) is 17.3 Å². The van der Waals surface area contributed by atoms with Gasteiger partial charge in [0.1, 0.15) is 0 Å². The molecular formula is C20H24BFN2O5.